The number of rotatable bonds is 18. The number of hydrogen-bond acceptors (Lipinski definition) is 9. The van der Waals surface area contributed by atoms with Crippen LogP contribution in [0.25, 0.3) is 11.2 Å². The van der Waals surface area contributed by atoms with Gasteiger partial charge in [0.1, 0.15) is 34.8 Å². The second-order valence-electron chi connectivity index (χ2n) is 17.8. The molecule has 0 aliphatic heterocycles. The van der Waals surface area contributed by atoms with E-state index in [2.05, 4.69) is 52.6 Å². The van der Waals surface area contributed by atoms with Gasteiger partial charge in [-0.1, -0.05) is 158 Å². The molecule has 9 aromatic rings. The highest BCUT2D eigenvalue weighted by Gasteiger charge is 2.60. The Morgan fingerprint density at radius 1 is 0.603 bits per heavy atom. The van der Waals surface area contributed by atoms with E-state index in [4.69, 9.17) is 46.7 Å². The van der Waals surface area contributed by atoms with E-state index in [1.54, 1.807) is 39.8 Å². The van der Waals surface area contributed by atoms with Crippen LogP contribution in [0.5, 0.6) is 17.2 Å². The van der Waals surface area contributed by atoms with E-state index in [9.17, 15) is 4.79 Å². The Morgan fingerprint density at radius 2 is 1.03 bits per heavy atom. The molecule has 0 unspecified atom stereocenters. The predicted octanol–water partition coefficient (Wildman–Crippen LogP) is 11.5. The Balaban J connectivity index is 1.13. The number of carbonyl (C=O) groups is 1. The van der Waals surface area contributed by atoms with E-state index in [1.807, 2.05) is 150 Å². The molecular weight excluding hydrogens is 911 g/mol. The minimum absolute atomic E-state index is 0.00597. The molecule has 73 heavy (non-hydrogen) atoms. The van der Waals surface area contributed by atoms with E-state index >= 15 is 0 Å². The average Bonchev–Trinajstić information content (AvgIpc) is 3.90. The van der Waals surface area contributed by atoms with Crippen molar-refractivity contribution < 1.29 is 28.5 Å². The topological polar surface area (TPSA) is 119 Å². The number of nitrogens with zero attached hydrogens (tertiary/aromatic N) is 4. The maximum Gasteiger partial charge on any atom is 0.256 e. The third kappa shape index (κ3) is 8.56. The zero-order valence-electron chi connectivity index (χ0n) is 40.7. The molecule has 362 valence electrons. The van der Waals surface area contributed by atoms with Gasteiger partial charge in [0.05, 0.1) is 52.3 Å². The molecule has 2 heterocycles. The summed E-state index contributed by atoms with van der Waals surface area (Å²) in [5.41, 5.74) is 3.80. The summed E-state index contributed by atoms with van der Waals surface area (Å²) in [6.07, 6.45) is 10.1. The Hall–Kier alpha value is -8.82. The van der Waals surface area contributed by atoms with Crippen molar-refractivity contribution in [3.8, 4) is 29.6 Å². The van der Waals surface area contributed by atoms with Gasteiger partial charge in [-0.25, -0.2) is 15.0 Å². The molecule has 11 nitrogen and oxygen atoms in total. The van der Waals surface area contributed by atoms with Gasteiger partial charge in [0.15, 0.2) is 17.0 Å². The second-order valence-corrected chi connectivity index (χ2v) is 17.8. The molecule has 7 aromatic carbocycles. The van der Waals surface area contributed by atoms with E-state index in [0.717, 1.165) is 33.4 Å². The Kier molecular flexibility index (Phi) is 13.4. The molecule has 3 atom stereocenters. The molecule has 10 rings (SSSR count). The van der Waals surface area contributed by atoms with Gasteiger partial charge in [-0.05, 0) is 87.5 Å². The van der Waals surface area contributed by atoms with Crippen LogP contribution in [0.2, 0.25) is 0 Å². The molecule has 0 spiro atoms. The summed E-state index contributed by atoms with van der Waals surface area (Å²) < 4.78 is 34.2. The zero-order chi connectivity index (χ0) is 50.4. The van der Waals surface area contributed by atoms with Crippen LogP contribution in [0.4, 0.5) is 5.82 Å². The first-order chi connectivity index (χ1) is 35.8. The normalized spacial score (nSPS) is 16.5. The van der Waals surface area contributed by atoms with Crippen molar-refractivity contribution in [1.29, 1.82) is 0 Å². The summed E-state index contributed by atoms with van der Waals surface area (Å²) in [5.74, 6) is 4.78. The smallest absolute Gasteiger partial charge is 0.256 e. The van der Waals surface area contributed by atoms with Gasteiger partial charge in [-0.3, -0.25) is 4.79 Å². The number of methoxy groups -OCH3 is 3. The van der Waals surface area contributed by atoms with Gasteiger partial charge in [0.2, 0.25) is 0 Å². The fourth-order valence-electron chi connectivity index (χ4n) is 10.3. The van der Waals surface area contributed by atoms with Crippen molar-refractivity contribution in [1.82, 2.24) is 19.5 Å². The van der Waals surface area contributed by atoms with Crippen LogP contribution < -0.4 is 19.5 Å². The molecule has 2 aromatic heterocycles. The van der Waals surface area contributed by atoms with Crippen molar-refractivity contribution in [3.05, 3.63) is 258 Å². The van der Waals surface area contributed by atoms with E-state index in [0.29, 0.717) is 39.5 Å². The summed E-state index contributed by atoms with van der Waals surface area (Å²) in [7, 11) is 4.94. The van der Waals surface area contributed by atoms with Crippen molar-refractivity contribution in [3.63, 3.8) is 0 Å². The number of aromatic nitrogens is 4. The first-order valence-electron chi connectivity index (χ1n) is 23.9. The van der Waals surface area contributed by atoms with Gasteiger partial charge in [0.25, 0.3) is 5.91 Å². The number of terminal acetylenes is 1. The Morgan fingerprint density at radius 3 is 1.47 bits per heavy atom. The lowest BCUT2D eigenvalue weighted by molar-refractivity contribution is -0.100. The van der Waals surface area contributed by atoms with E-state index < -0.39 is 28.6 Å². The summed E-state index contributed by atoms with van der Waals surface area (Å²) in [4.78, 5) is 27.6. The molecule has 11 heteroatoms. The number of nitrogens with one attached hydrogen (secondary N) is 1. The molecule has 1 N–H and O–H groups in total. The van der Waals surface area contributed by atoms with Gasteiger partial charge in [-0.15, -0.1) is 6.42 Å². The van der Waals surface area contributed by atoms with Crippen LogP contribution in [0.1, 0.15) is 49.8 Å². The number of carbonyl (C=O) groups excluding carboxylic acids is 1. The third-order valence-electron chi connectivity index (χ3n) is 14.2. The monoisotopic (exact) mass is 963 g/mol. The summed E-state index contributed by atoms with van der Waals surface area (Å²) in [6.45, 7) is 4.91. The van der Waals surface area contributed by atoms with Crippen LogP contribution in [0, 0.1) is 23.7 Å². The average molecular weight is 964 g/mol. The maximum atomic E-state index is 13.5. The second kappa shape index (κ2) is 20.5. The van der Waals surface area contributed by atoms with Crippen LogP contribution in [0.3, 0.4) is 0 Å². The molecular formula is C62H53N5O6. The molecule has 1 saturated carbocycles. The van der Waals surface area contributed by atoms with Crippen molar-refractivity contribution in [2.45, 2.75) is 17.2 Å². The third-order valence-corrected chi connectivity index (χ3v) is 14.2. The first kappa shape index (κ1) is 47.8. The van der Waals surface area contributed by atoms with Crippen LogP contribution in [-0.4, -0.2) is 60.0 Å². The molecule has 1 fully saturated rings. The Bertz CT molecular complexity index is 3300. The number of benzene rings is 7. The number of imidazole rings is 1. The standard InChI is InChI=1S/C62H53N5O6/c1-6-60(40-73-62(47-25-17-10-18-26-47,49-29-35-52(70-4)36-30-49)50-31-37-53(71-5)38-32-50)43(2)56(67-42-65-55-57(63-41-64-58(55)67)66-59(68)44-19-11-7-12-20-44)54(60)39-72-61(45-21-13-8-14-22-45,46-23-15-9-16-24-46)48-27-33-51(69-3)34-28-48/h1,7-38,41-42,54,56H,2,39-40H2,3-5H3,(H,63,64,66,68)/t54-,56+,60-/m0/s1. The van der Waals surface area contributed by atoms with E-state index in [-0.39, 0.29) is 24.9 Å². The molecule has 0 radical (unpaired) electrons. The van der Waals surface area contributed by atoms with Gasteiger partial charge in [-0.2, -0.15) is 0 Å². The van der Waals surface area contributed by atoms with E-state index in [1.165, 1.54) is 6.33 Å². The fourth-order valence-corrected chi connectivity index (χ4v) is 10.3. The van der Waals surface area contributed by atoms with Crippen molar-refractivity contribution in [2.75, 3.05) is 39.9 Å². The maximum absolute atomic E-state index is 13.5. The number of amides is 1. The molecule has 1 aliphatic rings. The minimum atomic E-state index is -1.21. The van der Waals surface area contributed by atoms with Crippen LogP contribution >= 0.6 is 0 Å². The summed E-state index contributed by atoms with van der Waals surface area (Å²) in [5, 5.41) is 2.95. The fraction of sp³-hybridized carbons (Fsp3) is 0.161. The lowest BCUT2D eigenvalue weighted by Crippen LogP contribution is -2.56. The SMILES string of the molecule is C#C[C@]1(COC(c2ccccc2)(c2ccc(OC)cc2)c2ccc(OC)cc2)C(=C)[C@@H](n2cnc3c(NC(=O)c4ccccc4)ncnc32)[C@@H]1COC(c1ccccc1)(c1ccccc1)c1ccc(OC)cc1. The highest BCUT2D eigenvalue weighted by Crippen LogP contribution is 2.60. The highest BCUT2D eigenvalue weighted by atomic mass is 16.5. The van der Waals surface area contributed by atoms with Crippen LogP contribution in [0.15, 0.2) is 219 Å². The summed E-state index contributed by atoms with van der Waals surface area (Å²) >= 11 is 0. The lowest BCUT2D eigenvalue weighted by Gasteiger charge is -2.56. The number of fused-ring (bicyclic) bond motifs is 1. The number of ether oxygens (including phenoxy) is 5. The first-order valence-corrected chi connectivity index (χ1v) is 23.9. The molecule has 0 saturated heterocycles. The highest BCUT2D eigenvalue weighted by molar-refractivity contribution is 6.06. The number of hydrogen-bond donors (Lipinski definition) is 1. The van der Waals surface area contributed by atoms with Crippen molar-refractivity contribution in [2.24, 2.45) is 11.3 Å². The van der Waals surface area contributed by atoms with Crippen LogP contribution in [-0.2, 0) is 20.7 Å². The van der Waals surface area contributed by atoms with Gasteiger partial charge >= 0.3 is 0 Å². The van der Waals surface area contributed by atoms with Gasteiger partial charge < -0.3 is 33.6 Å². The molecule has 1 aliphatic carbocycles. The minimum Gasteiger partial charge on any atom is -0.497 e. The Labute approximate surface area is 425 Å². The largest absolute Gasteiger partial charge is 0.497 e. The predicted molar refractivity (Wildman–Crippen MR) is 283 cm³/mol. The van der Waals surface area contributed by atoms with Crippen molar-refractivity contribution >= 4 is 22.9 Å². The summed E-state index contributed by atoms with van der Waals surface area (Å²) in [6, 6.07) is 62.7. The molecule has 1 amide bonds. The number of anilines is 1. The quantitative estimate of drug-likeness (QED) is 0.0509. The zero-order valence-corrected chi connectivity index (χ0v) is 40.7. The molecule has 0 bridgehead atoms. The lowest BCUT2D eigenvalue weighted by atomic mass is 9.54. The van der Waals surface area contributed by atoms with Gasteiger partial charge in [0, 0.05) is 11.5 Å².